The normalized spacial score (nSPS) is 23.4. The van der Waals surface area contributed by atoms with Gasteiger partial charge in [-0.05, 0) is 38.1 Å². The van der Waals surface area contributed by atoms with Crippen molar-refractivity contribution in [3.63, 3.8) is 0 Å². The second-order valence-electron chi connectivity index (χ2n) is 8.14. The van der Waals surface area contributed by atoms with Crippen LogP contribution in [-0.2, 0) is 5.54 Å². The number of amidine groups is 1. The summed E-state index contributed by atoms with van der Waals surface area (Å²) in [4.78, 5) is 16.8. The lowest BCUT2D eigenvalue weighted by atomic mass is 9.79. The maximum absolute atomic E-state index is 15.6. The summed E-state index contributed by atoms with van der Waals surface area (Å²) >= 11 is 0.556. The van der Waals surface area contributed by atoms with Gasteiger partial charge in [-0.25, -0.2) is 33.1 Å². The monoisotopic (exact) mass is 502 g/mol. The van der Waals surface area contributed by atoms with Crippen LogP contribution in [-0.4, -0.2) is 49.1 Å². The zero-order valence-electron chi connectivity index (χ0n) is 18.7. The molecule has 8 nitrogen and oxygen atoms in total. The first-order valence-electron chi connectivity index (χ1n) is 10.3. The van der Waals surface area contributed by atoms with Crippen molar-refractivity contribution in [2.75, 3.05) is 18.5 Å². The molecule has 1 aliphatic rings. The predicted molar refractivity (Wildman–Crippen MR) is 128 cm³/mol. The van der Waals surface area contributed by atoms with Gasteiger partial charge in [0.15, 0.2) is 23.1 Å². The fourth-order valence-electron chi connectivity index (χ4n) is 3.80. The van der Waals surface area contributed by atoms with Crippen molar-refractivity contribution in [1.29, 1.82) is 0 Å². The maximum atomic E-state index is 15.6. The highest BCUT2D eigenvalue weighted by atomic mass is 32.2. The van der Waals surface area contributed by atoms with Gasteiger partial charge < -0.3 is 20.9 Å². The van der Waals surface area contributed by atoms with Gasteiger partial charge in [0.2, 0.25) is 5.88 Å². The fourth-order valence-corrected chi connectivity index (χ4v) is 4.88. The average molecular weight is 503 g/mol. The lowest BCUT2D eigenvalue weighted by Gasteiger charge is -2.47. The largest absolute Gasteiger partial charge is 0.463 e. The SMILES string of the molecule is C#CCOc1cnc2c(Nc3ccc(F)c([C@@]4(C)N=C(N)S[C@@](C)(CO)C4(F)F)c3)nccc2n1. The Morgan fingerprint density at radius 3 is 2.74 bits per heavy atom. The molecule has 35 heavy (non-hydrogen) atoms. The molecule has 0 aliphatic carbocycles. The molecule has 2 atom stereocenters. The molecule has 1 aliphatic heterocycles. The van der Waals surface area contributed by atoms with Gasteiger partial charge in [-0.15, -0.1) is 6.42 Å². The number of aliphatic imine (C=N–C) groups is 1. The topological polar surface area (TPSA) is 119 Å². The van der Waals surface area contributed by atoms with E-state index in [9.17, 15) is 9.50 Å². The van der Waals surface area contributed by atoms with Crippen LogP contribution in [0, 0.1) is 18.2 Å². The van der Waals surface area contributed by atoms with E-state index in [0.717, 1.165) is 19.9 Å². The molecular formula is C23H21F3N6O2S. The minimum atomic E-state index is -3.65. The molecule has 0 saturated carbocycles. The number of aliphatic hydroxyl groups excluding tert-OH is 1. The van der Waals surface area contributed by atoms with Gasteiger partial charge in [-0.2, -0.15) is 0 Å². The van der Waals surface area contributed by atoms with Crippen molar-refractivity contribution in [3.05, 3.63) is 48.0 Å². The van der Waals surface area contributed by atoms with E-state index >= 15 is 8.78 Å². The number of pyridine rings is 1. The van der Waals surface area contributed by atoms with Crippen LogP contribution in [0.1, 0.15) is 19.4 Å². The number of nitrogens with one attached hydrogen (secondary N) is 1. The van der Waals surface area contributed by atoms with Crippen molar-refractivity contribution in [3.8, 4) is 18.2 Å². The smallest absolute Gasteiger partial charge is 0.293 e. The Balaban J connectivity index is 1.75. The van der Waals surface area contributed by atoms with E-state index in [1.807, 2.05) is 0 Å². The zero-order chi connectivity index (χ0) is 25.4. The number of halogens is 3. The first-order chi connectivity index (χ1) is 16.5. The summed E-state index contributed by atoms with van der Waals surface area (Å²) in [6, 6.07) is 5.24. The average Bonchev–Trinajstić information content (AvgIpc) is 2.82. The number of hydrogen-bond donors (Lipinski definition) is 3. The molecule has 12 heteroatoms. The number of ether oxygens (including phenoxy) is 1. The summed E-state index contributed by atoms with van der Waals surface area (Å²) in [5, 5.41) is 12.5. The van der Waals surface area contributed by atoms with Gasteiger partial charge in [-0.1, -0.05) is 17.7 Å². The first-order valence-corrected chi connectivity index (χ1v) is 11.1. The van der Waals surface area contributed by atoms with E-state index in [1.54, 1.807) is 6.07 Å². The van der Waals surface area contributed by atoms with Crippen molar-refractivity contribution < 1.29 is 23.0 Å². The van der Waals surface area contributed by atoms with Gasteiger partial charge in [0.1, 0.15) is 16.1 Å². The molecule has 182 valence electrons. The Morgan fingerprint density at radius 2 is 2.03 bits per heavy atom. The number of benzene rings is 1. The number of hydrogen-bond acceptors (Lipinski definition) is 9. The van der Waals surface area contributed by atoms with Crippen LogP contribution in [0.5, 0.6) is 5.88 Å². The van der Waals surface area contributed by atoms with Crippen LogP contribution >= 0.6 is 11.8 Å². The van der Waals surface area contributed by atoms with Gasteiger partial charge in [0, 0.05) is 17.4 Å². The Hall–Kier alpha value is -3.56. The van der Waals surface area contributed by atoms with E-state index in [-0.39, 0.29) is 29.2 Å². The van der Waals surface area contributed by atoms with E-state index in [0.29, 0.717) is 22.8 Å². The molecule has 0 bridgehead atoms. The number of fused-ring (bicyclic) bond motifs is 1. The first kappa shape index (κ1) is 24.6. The number of nitrogens with two attached hydrogens (primary N) is 1. The highest BCUT2D eigenvalue weighted by Gasteiger charge is 2.66. The lowest BCUT2D eigenvalue weighted by Crippen LogP contribution is -2.61. The van der Waals surface area contributed by atoms with Crippen LogP contribution in [0.25, 0.3) is 11.0 Å². The number of anilines is 2. The summed E-state index contributed by atoms with van der Waals surface area (Å²) in [6.45, 7) is 1.40. The number of thioether (sulfide) groups is 1. The lowest BCUT2D eigenvalue weighted by molar-refractivity contribution is -0.111. The molecule has 0 radical (unpaired) electrons. The highest BCUT2D eigenvalue weighted by molar-refractivity contribution is 8.15. The summed E-state index contributed by atoms with van der Waals surface area (Å²) in [6.07, 6.45) is 8.03. The highest BCUT2D eigenvalue weighted by Crippen LogP contribution is 2.56. The Kier molecular flexibility index (Phi) is 6.25. The van der Waals surface area contributed by atoms with Crippen LogP contribution < -0.4 is 15.8 Å². The van der Waals surface area contributed by atoms with Gasteiger partial charge >= 0.3 is 0 Å². The number of alkyl halides is 2. The number of aliphatic hydroxyl groups is 1. The molecule has 3 aromatic rings. The third kappa shape index (κ3) is 4.11. The molecule has 0 amide bonds. The second kappa shape index (κ2) is 8.90. The van der Waals surface area contributed by atoms with Gasteiger partial charge in [0.25, 0.3) is 5.92 Å². The van der Waals surface area contributed by atoms with Crippen molar-refractivity contribution in [2.45, 2.75) is 30.1 Å². The predicted octanol–water partition coefficient (Wildman–Crippen LogP) is 3.58. The van der Waals surface area contributed by atoms with E-state index < -0.39 is 34.2 Å². The second-order valence-corrected chi connectivity index (χ2v) is 9.66. The van der Waals surface area contributed by atoms with Gasteiger partial charge in [-0.3, -0.25) is 0 Å². The Labute approximate surface area is 203 Å². The van der Waals surface area contributed by atoms with E-state index in [4.69, 9.17) is 16.9 Å². The van der Waals surface area contributed by atoms with Crippen LogP contribution in [0.4, 0.5) is 24.7 Å². The minimum Gasteiger partial charge on any atom is -0.463 e. The molecule has 2 aromatic heterocycles. The number of aromatic nitrogens is 3. The van der Waals surface area contributed by atoms with Crippen LogP contribution in [0.2, 0.25) is 0 Å². The standard InChI is InChI=1S/C23H21F3N6O2S/c1-4-9-34-17-11-29-18-16(31-17)7-8-28-19(18)30-13-5-6-15(24)14(10-13)22(3)23(25,26)21(2,12-33)35-20(27)32-22/h1,5-8,10-11,33H,9,12H2,2-3H3,(H2,27,32)(H,28,30)/t21-,22+/m0/s1. The van der Waals surface area contributed by atoms with Crippen LogP contribution in [0.15, 0.2) is 41.7 Å². The zero-order valence-corrected chi connectivity index (χ0v) is 19.5. The Morgan fingerprint density at radius 1 is 1.26 bits per heavy atom. The Bertz CT molecular complexity index is 1360. The summed E-state index contributed by atoms with van der Waals surface area (Å²) in [5.41, 5.74) is 4.11. The van der Waals surface area contributed by atoms with Crippen LogP contribution in [0.3, 0.4) is 0 Å². The molecule has 0 fully saturated rings. The molecule has 4 N–H and O–H groups in total. The van der Waals surface area contributed by atoms with Crippen molar-refractivity contribution in [1.82, 2.24) is 15.0 Å². The van der Waals surface area contributed by atoms with Gasteiger partial charge in [0.05, 0.1) is 18.3 Å². The van der Waals surface area contributed by atoms with E-state index in [1.165, 1.54) is 24.5 Å². The summed E-state index contributed by atoms with van der Waals surface area (Å²) < 4.78 is 49.5. The molecule has 3 heterocycles. The van der Waals surface area contributed by atoms with Crippen molar-refractivity contribution >= 4 is 39.5 Å². The van der Waals surface area contributed by atoms with Crippen molar-refractivity contribution in [2.24, 2.45) is 10.7 Å². The third-order valence-corrected chi connectivity index (χ3v) is 6.87. The number of nitrogens with zero attached hydrogens (tertiary/aromatic N) is 4. The summed E-state index contributed by atoms with van der Waals surface area (Å²) in [7, 11) is 0. The molecule has 4 rings (SSSR count). The minimum absolute atomic E-state index is 0.0268. The molecular weight excluding hydrogens is 481 g/mol. The molecule has 0 saturated heterocycles. The third-order valence-electron chi connectivity index (χ3n) is 5.74. The quantitative estimate of drug-likeness (QED) is 0.438. The maximum Gasteiger partial charge on any atom is 0.293 e. The molecule has 0 unspecified atom stereocenters. The number of rotatable bonds is 6. The number of terminal acetylenes is 1. The molecule has 1 aromatic carbocycles. The fraction of sp³-hybridized carbons (Fsp3) is 0.304. The van der Waals surface area contributed by atoms with E-state index in [2.05, 4.69) is 31.2 Å². The molecule has 0 spiro atoms. The summed E-state index contributed by atoms with van der Waals surface area (Å²) in [5.74, 6) is -1.73.